The fourth-order valence-corrected chi connectivity index (χ4v) is 3.45. The van der Waals surface area contributed by atoms with E-state index in [1.165, 1.54) is 16.9 Å². The zero-order valence-electron chi connectivity index (χ0n) is 15.9. The molecule has 0 aliphatic heterocycles. The smallest absolute Gasteiger partial charge is 0.321 e. The first kappa shape index (κ1) is 19.7. The molecule has 0 saturated carbocycles. The van der Waals surface area contributed by atoms with Crippen LogP contribution >= 0.6 is 11.3 Å². The van der Waals surface area contributed by atoms with Crippen molar-refractivity contribution in [1.82, 2.24) is 10.3 Å². The van der Waals surface area contributed by atoms with Crippen molar-refractivity contribution in [1.29, 1.82) is 0 Å². The molecule has 0 bridgehead atoms. The highest BCUT2D eigenvalue weighted by atomic mass is 32.1. The number of carbonyl (C=O) groups excluding carboxylic acids is 1. The first-order valence-electron chi connectivity index (χ1n) is 8.96. The molecule has 0 atom stereocenters. The summed E-state index contributed by atoms with van der Waals surface area (Å²) < 4.78 is 10.6. The highest BCUT2D eigenvalue weighted by molar-refractivity contribution is 7.14. The largest absolute Gasteiger partial charge is 0.493 e. The molecule has 0 spiro atoms. The van der Waals surface area contributed by atoms with Crippen molar-refractivity contribution in [3.05, 3.63) is 59.5 Å². The van der Waals surface area contributed by atoms with E-state index in [1.807, 2.05) is 41.8 Å². The second-order valence-electron chi connectivity index (χ2n) is 6.08. The lowest BCUT2D eigenvalue weighted by atomic mass is 10.1. The maximum atomic E-state index is 12.1. The predicted octanol–water partition coefficient (Wildman–Crippen LogP) is 4.58. The van der Waals surface area contributed by atoms with E-state index < -0.39 is 0 Å². The first-order chi connectivity index (χ1) is 13.7. The quantitative estimate of drug-likeness (QED) is 0.546. The minimum Gasteiger partial charge on any atom is -0.493 e. The fraction of sp³-hybridized carbons (Fsp3) is 0.238. The van der Waals surface area contributed by atoms with Crippen molar-refractivity contribution in [2.45, 2.75) is 12.8 Å². The van der Waals surface area contributed by atoms with Crippen LogP contribution in [0.15, 0.2) is 53.9 Å². The Morgan fingerprint density at radius 3 is 2.61 bits per heavy atom. The molecule has 1 aromatic heterocycles. The van der Waals surface area contributed by atoms with E-state index in [1.54, 1.807) is 14.2 Å². The Bertz CT molecular complexity index is 912. The molecule has 0 fully saturated rings. The molecule has 0 radical (unpaired) electrons. The van der Waals surface area contributed by atoms with Gasteiger partial charge in [0.1, 0.15) is 0 Å². The minimum absolute atomic E-state index is 0.249. The zero-order valence-corrected chi connectivity index (χ0v) is 16.7. The van der Waals surface area contributed by atoms with E-state index in [-0.39, 0.29) is 6.03 Å². The molecule has 0 saturated heterocycles. The Balaban J connectivity index is 1.50. The number of urea groups is 1. The Labute approximate surface area is 168 Å². The van der Waals surface area contributed by atoms with Crippen LogP contribution in [0, 0.1) is 0 Å². The topological polar surface area (TPSA) is 72.5 Å². The van der Waals surface area contributed by atoms with Crippen molar-refractivity contribution in [2.24, 2.45) is 0 Å². The van der Waals surface area contributed by atoms with Gasteiger partial charge in [-0.3, -0.25) is 5.32 Å². The number of nitrogens with zero attached hydrogens (tertiary/aromatic N) is 1. The van der Waals surface area contributed by atoms with E-state index in [4.69, 9.17) is 9.47 Å². The van der Waals surface area contributed by atoms with Crippen molar-refractivity contribution in [2.75, 3.05) is 26.1 Å². The monoisotopic (exact) mass is 397 g/mol. The Hall–Kier alpha value is -3.06. The van der Waals surface area contributed by atoms with E-state index in [0.717, 1.165) is 24.1 Å². The van der Waals surface area contributed by atoms with Gasteiger partial charge in [-0.05, 0) is 36.6 Å². The molecular weight excluding hydrogens is 374 g/mol. The van der Waals surface area contributed by atoms with Gasteiger partial charge in [0.25, 0.3) is 0 Å². The number of ether oxygens (including phenoxy) is 2. The van der Waals surface area contributed by atoms with Crippen LogP contribution in [0.5, 0.6) is 11.5 Å². The van der Waals surface area contributed by atoms with Crippen molar-refractivity contribution in [3.63, 3.8) is 0 Å². The van der Waals surface area contributed by atoms with Gasteiger partial charge in [0.05, 0.1) is 19.9 Å². The van der Waals surface area contributed by atoms with Crippen LogP contribution in [-0.4, -0.2) is 31.8 Å². The molecule has 6 nitrogen and oxygen atoms in total. The van der Waals surface area contributed by atoms with Gasteiger partial charge in [0.15, 0.2) is 16.6 Å². The summed E-state index contributed by atoms with van der Waals surface area (Å²) in [6.07, 6.45) is 1.81. The molecule has 0 aliphatic rings. The number of anilines is 1. The van der Waals surface area contributed by atoms with Gasteiger partial charge in [-0.15, -0.1) is 11.3 Å². The van der Waals surface area contributed by atoms with Crippen LogP contribution in [-0.2, 0) is 6.42 Å². The van der Waals surface area contributed by atoms with Crippen molar-refractivity contribution >= 4 is 22.5 Å². The number of benzene rings is 2. The average Bonchev–Trinajstić information content (AvgIpc) is 3.19. The standard InChI is InChI=1S/C21H23N3O3S/c1-26-18-11-10-16(13-19(18)27-2)17-14-28-21(23-17)24-20(25)22-12-6-9-15-7-4-3-5-8-15/h3-5,7-8,10-11,13-14H,6,9,12H2,1-2H3,(H2,22,23,24,25). The summed E-state index contributed by atoms with van der Waals surface area (Å²) in [6.45, 7) is 0.606. The third-order valence-corrected chi connectivity index (χ3v) is 4.93. The number of nitrogens with one attached hydrogen (secondary N) is 2. The summed E-state index contributed by atoms with van der Waals surface area (Å²) >= 11 is 1.38. The van der Waals surface area contributed by atoms with Crippen LogP contribution < -0.4 is 20.1 Å². The van der Waals surface area contributed by atoms with Crippen molar-refractivity contribution in [3.8, 4) is 22.8 Å². The lowest BCUT2D eigenvalue weighted by Gasteiger charge is -2.08. The molecule has 2 N–H and O–H groups in total. The lowest BCUT2D eigenvalue weighted by molar-refractivity contribution is 0.252. The molecule has 2 aromatic carbocycles. The Morgan fingerprint density at radius 1 is 1.07 bits per heavy atom. The first-order valence-corrected chi connectivity index (χ1v) is 9.84. The highest BCUT2D eigenvalue weighted by Gasteiger charge is 2.11. The van der Waals surface area contributed by atoms with Gasteiger partial charge in [0.2, 0.25) is 0 Å². The van der Waals surface area contributed by atoms with Crippen LogP contribution in [0.4, 0.5) is 9.93 Å². The summed E-state index contributed by atoms with van der Waals surface area (Å²) in [4.78, 5) is 16.5. The molecule has 0 unspecified atom stereocenters. The van der Waals surface area contributed by atoms with Crippen LogP contribution in [0.1, 0.15) is 12.0 Å². The van der Waals surface area contributed by atoms with Crippen LogP contribution in [0.2, 0.25) is 0 Å². The predicted molar refractivity (Wildman–Crippen MR) is 112 cm³/mol. The number of hydrogen-bond donors (Lipinski definition) is 2. The number of rotatable bonds is 8. The third kappa shape index (κ3) is 5.23. The molecule has 3 rings (SSSR count). The second kappa shape index (κ2) is 9.75. The number of aromatic nitrogens is 1. The third-order valence-electron chi connectivity index (χ3n) is 4.17. The SMILES string of the molecule is COc1ccc(-c2csc(NC(=O)NCCCc3ccccc3)n2)cc1OC. The minimum atomic E-state index is -0.249. The van der Waals surface area contributed by atoms with Crippen LogP contribution in [0.25, 0.3) is 11.3 Å². The number of hydrogen-bond acceptors (Lipinski definition) is 5. The average molecular weight is 398 g/mol. The summed E-state index contributed by atoms with van der Waals surface area (Å²) in [7, 11) is 3.19. The summed E-state index contributed by atoms with van der Waals surface area (Å²) in [5, 5.41) is 8.09. The molecule has 1 heterocycles. The van der Waals surface area contributed by atoms with Crippen molar-refractivity contribution < 1.29 is 14.3 Å². The number of aryl methyl sites for hydroxylation is 1. The van der Waals surface area contributed by atoms with Gasteiger partial charge < -0.3 is 14.8 Å². The number of carbonyl (C=O) groups is 1. The van der Waals surface area contributed by atoms with E-state index in [0.29, 0.717) is 23.2 Å². The van der Waals surface area contributed by atoms with E-state index in [9.17, 15) is 4.79 Å². The number of thiazole rings is 1. The maximum Gasteiger partial charge on any atom is 0.321 e. The lowest BCUT2D eigenvalue weighted by Crippen LogP contribution is -2.29. The van der Waals surface area contributed by atoms with Gasteiger partial charge in [-0.1, -0.05) is 30.3 Å². The molecule has 7 heteroatoms. The summed E-state index contributed by atoms with van der Waals surface area (Å²) in [5.41, 5.74) is 2.93. The van der Waals surface area contributed by atoms with Crippen LogP contribution in [0.3, 0.4) is 0 Å². The molecular formula is C21H23N3O3S. The zero-order chi connectivity index (χ0) is 19.8. The van der Waals surface area contributed by atoms with Gasteiger partial charge in [0, 0.05) is 17.5 Å². The molecule has 0 aliphatic carbocycles. The summed E-state index contributed by atoms with van der Waals surface area (Å²) in [6, 6.07) is 15.6. The van der Waals surface area contributed by atoms with E-state index >= 15 is 0 Å². The summed E-state index contributed by atoms with van der Waals surface area (Å²) in [5.74, 6) is 1.30. The second-order valence-corrected chi connectivity index (χ2v) is 6.94. The van der Waals surface area contributed by atoms with Gasteiger partial charge in [-0.2, -0.15) is 0 Å². The molecule has 2 amide bonds. The maximum absolute atomic E-state index is 12.1. The fourth-order valence-electron chi connectivity index (χ4n) is 2.74. The normalized spacial score (nSPS) is 10.4. The molecule has 146 valence electrons. The molecule has 28 heavy (non-hydrogen) atoms. The van der Waals surface area contributed by atoms with Gasteiger partial charge in [-0.25, -0.2) is 9.78 Å². The Kier molecular flexibility index (Phi) is 6.86. The molecule has 3 aromatic rings. The highest BCUT2D eigenvalue weighted by Crippen LogP contribution is 2.33. The number of methoxy groups -OCH3 is 2. The van der Waals surface area contributed by atoms with E-state index in [2.05, 4.69) is 27.8 Å². The number of amides is 2. The van der Waals surface area contributed by atoms with Gasteiger partial charge >= 0.3 is 6.03 Å². The Morgan fingerprint density at radius 2 is 1.86 bits per heavy atom.